The van der Waals surface area contributed by atoms with Crippen molar-refractivity contribution < 1.29 is 0 Å². The van der Waals surface area contributed by atoms with E-state index in [1.807, 2.05) is 68.7 Å². The van der Waals surface area contributed by atoms with Crippen LogP contribution in [0.1, 0.15) is 24.4 Å². The highest BCUT2D eigenvalue weighted by molar-refractivity contribution is 6.05. The van der Waals surface area contributed by atoms with Crippen LogP contribution in [-0.4, -0.2) is 48.9 Å². The molecule has 0 radical (unpaired) electrons. The normalized spacial score (nSPS) is 12.6. The molecule has 5 aromatic rings. The van der Waals surface area contributed by atoms with Gasteiger partial charge in [-0.25, -0.2) is 19.9 Å². The molecule has 13 heteroatoms. The van der Waals surface area contributed by atoms with E-state index in [-0.39, 0.29) is 17.2 Å². The highest BCUT2D eigenvalue weighted by Gasteiger charge is 2.23. The van der Waals surface area contributed by atoms with E-state index in [2.05, 4.69) is 47.5 Å². The Morgan fingerprint density at radius 2 is 1.93 bits per heavy atom. The highest BCUT2D eigenvalue weighted by Crippen LogP contribution is 2.29. The summed E-state index contributed by atoms with van der Waals surface area (Å²) >= 11 is 0. The smallest absolute Gasteiger partial charge is 0.266 e. The topological polar surface area (TPSA) is 166 Å². The van der Waals surface area contributed by atoms with Crippen molar-refractivity contribution in [3.05, 3.63) is 89.0 Å². The van der Waals surface area contributed by atoms with Gasteiger partial charge in [-0.3, -0.25) is 14.0 Å². The number of nitrogens with zero attached hydrogens (tertiary/aromatic N) is 10. The second kappa shape index (κ2) is 11.0. The first-order chi connectivity index (χ1) is 19.4. The molecule has 0 fully saturated rings. The zero-order valence-electron chi connectivity index (χ0n) is 22.1. The van der Waals surface area contributed by atoms with Gasteiger partial charge in [-0.15, -0.1) is 5.10 Å². The number of benzene rings is 2. The Hall–Kier alpha value is -5.59. The number of anilines is 1. The quantitative estimate of drug-likeness (QED) is 0.132. The monoisotopic (exact) mass is 534 g/mol. The van der Waals surface area contributed by atoms with Crippen molar-refractivity contribution in [1.82, 2.24) is 29.3 Å². The maximum absolute atomic E-state index is 14.3. The summed E-state index contributed by atoms with van der Waals surface area (Å²) in [6.07, 6.45) is 4.92. The summed E-state index contributed by atoms with van der Waals surface area (Å²) in [5.41, 5.74) is 9.02. The lowest BCUT2D eigenvalue weighted by molar-refractivity contribution is 0.730. The number of para-hydroxylation sites is 1. The molecule has 2 aromatic carbocycles. The number of aromatic nitrogens is 6. The Balaban J connectivity index is 1.71. The molecule has 13 nitrogen and oxygen atoms in total. The minimum Gasteiger partial charge on any atom is -0.381 e. The van der Waals surface area contributed by atoms with Gasteiger partial charge >= 0.3 is 0 Å². The van der Waals surface area contributed by atoms with Gasteiger partial charge in [0.25, 0.3) is 5.56 Å². The molecule has 3 N–H and O–H groups in total. The van der Waals surface area contributed by atoms with Crippen molar-refractivity contribution in [3.63, 3.8) is 0 Å². The van der Waals surface area contributed by atoms with E-state index in [1.54, 1.807) is 15.4 Å². The van der Waals surface area contributed by atoms with Crippen LogP contribution in [0, 0.1) is 0 Å². The largest absolute Gasteiger partial charge is 0.381 e. The molecular formula is C27H26N12O. The molecule has 0 spiro atoms. The van der Waals surface area contributed by atoms with Gasteiger partial charge in [0, 0.05) is 18.8 Å². The van der Waals surface area contributed by atoms with Crippen LogP contribution in [0.2, 0.25) is 0 Å². The van der Waals surface area contributed by atoms with Crippen molar-refractivity contribution >= 4 is 35.1 Å². The van der Waals surface area contributed by atoms with E-state index in [0.29, 0.717) is 33.8 Å². The fourth-order valence-corrected chi connectivity index (χ4v) is 4.42. The number of rotatable bonds is 8. The van der Waals surface area contributed by atoms with Gasteiger partial charge in [-0.05, 0) is 42.6 Å². The van der Waals surface area contributed by atoms with Gasteiger partial charge in [0.2, 0.25) is 0 Å². The van der Waals surface area contributed by atoms with Gasteiger partial charge in [-0.2, -0.15) is 10.2 Å². The second-order valence-corrected chi connectivity index (χ2v) is 8.77. The molecular weight excluding hydrogens is 508 g/mol. The molecule has 0 bridgehead atoms. The second-order valence-electron chi connectivity index (χ2n) is 8.77. The lowest BCUT2D eigenvalue weighted by atomic mass is 10.0. The average molecular weight is 535 g/mol. The SMILES string of the molecule is C=Nc1ncnc(NC(C)c2nc3cccc(-c4cnn(C)c4)c3c(=O)n2-c2ccccc2)c1C(N)=NN=NC. The summed E-state index contributed by atoms with van der Waals surface area (Å²) < 4.78 is 3.29. The first-order valence-corrected chi connectivity index (χ1v) is 12.2. The lowest BCUT2D eigenvalue weighted by Gasteiger charge is -2.21. The minimum absolute atomic E-state index is 0.00340. The first kappa shape index (κ1) is 26.0. The molecule has 40 heavy (non-hydrogen) atoms. The summed E-state index contributed by atoms with van der Waals surface area (Å²) in [5, 5.41) is 19.2. The number of hydrogen-bond acceptors (Lipinski definition) is 9. The van der Waals surface area contributed by atoms with E-state index in [4.69, 9.17) is 10.7 Å². The third kappa shape index (κ3) is 4.82. The van der Waals surface area contributed by atoms with Crippen molar-refractivity contribution in [2.75, 3.05) is 12.4 Å². The number of nitrogens with two attached hydrogens (primary N) is 1. The Morgan fingerprint density at radius 3 is 2.62 bits per heavy atom. The van der Waals surface area contributed by atoms with E-state index in [0.717, 1.165) is 11.1 Å². The molecule has 0 amide bonds. The van der Waals surface area contributed by atoms with Gasteiger partial charge < -0.3 is 11.1 Å². The van der Waals surface area contributed by atoms with Crippen LogP contribution in [0.15, 0.2) is 92.5 Å². The summed E-state index contributed by atoms with van der Waals surface area (Å²) in [5.74, 6) is 0.977. The van der Waals surface area contributed by atoms with Crippen molar-refractivity contribution in [2.24, 2.45) is 33.2 Å². The first-order valence-electron chi connectivity index (χ1n) is 12.2. The van der Waals surface area contributed by atoms with E-state index >= 15 is 0 Å². The van der Waals surface area contributed by atoms with Gasteiger partial charge in [0.05, 0.1) is 35.9 Å². The molecule has 0 saturated carbocycles. The van der Waals surface area contributed by atoms with Crippen LogP contribution in [-0.2, 0) is 7.05 Å². The molecule has 1 atom stereocenters. The predicted octanol–water partition coefficient (Wildman–Crippen LogP) is 3.78. The Morgan fingerprint density at radius 1 is 1.12 bits per heavy atom. The molecule has 0 aliphatic heterocycles. The third-order valence-electron chi connectivity index (χ3n) is 6.17. The van der Waals surface area contributed by atoms with Gasteiger partial charge in [0.15, 0.2) is 11.7 Å². The summed E-state index contributed by atoms with van der Waals surface area (Å²) in [7, 11) is 3.30. The van der Waals surface area contributed by atoms with E-state index in [9.17, 15) is 4.79 Å². The molecule has 200 valence electrons. The number of nitrogens with one attached hydrogen (secondary N) is 1. The Labute approximate surface area is 228 Å². The summed E-state index contributed by atoms with van der Waals surface area (Å²) in [6, 6.07) is 14.4. The molecule has 1 unspecified atom stereocenters. The Kier molecular flexibility index (Phi) is 7.18. The van der Waals surface area contributed by atoms with Crippen molar-refractivity contribution in [1.29, 1.82) is 0 Å². The molecule has 0 aliphatic rings. The van der Waals surface area contributed by atoms with E-state index < -0.39 is 6.04 Å². The predicted molar refractivity (Wildman–Crippen MR) is 154 cm³/mol. The number of hydrogen-bond donors (Lipinski definition) is 2. The molecule has 0 saturated heterocycles. The zero-order valence-corrected chi connectivity index (χ0v) is 22.1. The summed E-state index contributed by atoms with van der Waals surface area (Å²) in [4.78, 5) is 31.7. The van der Waals surface area contributed by atoms with Crippen LogP contribution in [0.25, 0.3) is 27.7 Å². The molecule has 0 aliphatic carbocycles. The number of aryl methyl sites for hydroxylation is 1. The maximum Gasteiger partial charge on any atom is 0.266 e. The number of aliphatic imine (C=N–C) groups is 1. The Bertz CT molecular complexity index is 1820. The third-order valence-corrected chi connectivity index (χ3v) is 6.17. The summed E-state index contributed by atoms with van der Waals surface area (Å²) in [6.45, 7) is 5.44. The van der Waals surface area contributed by atoms with Crippen LogP contribution < -0.4 is 16.6 Å². The van der Waals surface area contributed by atoms with Crippen LogP contribution in [0.4, 0.5) is 11.6 Å². The van der Waals surface area contributed by atoms with Crippen molar-refractivity contribution in [2.45, 2.75) is 13.0 Å². The van der Waals surface area contributed by atoms with Gasteiger partial charge in [0.1, 0.15) is 23.5 Å². The minimum atomic E-state index is -0.536. The lowest BCUT2D eigenvalue weighted by Crippen LogP contribution is -2.28. The van der Waals surface area contributed by atoms with Crippen LogP contribution in [0.3, 0.4) is 0 Å². The molecule has 3 aromatic heterocycles. The number of fused-ring (bicyclic) bond motifs is 1. The van der Waals surface area contributed by atoms with E-state index in [1.165, 1.54) is 13.4 Å². The van der Waals surface area contributed by atoms with Gasteiger partial charge in [-0.1, -0.05) is 30.3 Å². The molecule has 3 heterocycles. The van der Waals surface area contributed by atoms with Crippen molar-refractivity contribution in [3.8, 4) is 16.8 Å². The average Bonchev–Trinajstić information content (AvgIpc) is 3.41. The fourth-order valence-electron chi connectivity index (χ4n) is 4.42. The standard InChI is InChI=1S/C27H26N12O/c1-16(34-25-22(23(28)36-37-30-3)24(29-2)31-15-32-25)26-35-20-12-8-11-19(17-13-33-38(4)14-17)21(20)27(40)39(26)18-9-6-5-7-10-18/h5-16H,2H2,1,3-4H3,(H2,28,30,36)(H,31,32,34). The van der Waals surface area contributed by atoms with Crippen LogP contribution >= 0.6 is 0 Å². The zero-order chi connectivity index (χ0) is 28.2. The number of amidine groups is 1. The van der Waals surface area contributed by atoms with Crippen LogP contribution in [0.5, 0.6) is 0 Å². The fraction of sp³-hybridized carbons (Fsp3) is 0.148. The maximum atomic E-state index is 14.3. The highest BCUT2D eigenvalue weighted by atomic mass is 16.1. The molecule has 5 rings (SSSR count).